The van der Waals surface area contributed by atoms with Gasteiger partial charge in [-0.2, -0.15) is 35.1 Å². The standard InChI is InChI=1S/C23H14F8/c24-20(25)8-1-2-9(4-3-8)21(26,27)23(30,31)13-6-5-12(22(20,28)29)18-16-11-7-10-14(16)15(10)17(11)19(13)18/h1-6,10-11,14-17H,7H2/t10?,11?,14-,15+,16-,17+. The van der Waals surface area contributed by atoms with Crippen LogP contribution in [0.5, 0.6) is 0 Å². The Morgan fingerprint density at radius 3 is 1.26 bits per heavy atom. The van der Waals surface area contributed by atoms with Gasteiger partial charge in [0.15, 0.2) is 0 Å². The van der Waals surface area contributed by atoms with Gasteiger partial charge in [-0.25, -0.2) is 0 Å². The van der Waals surface area contributed by atoms with Crippen molar-refractivity contribution in [2.45, 2.75) is 41.9 Å². The molecule has 0 spiro atoms. The maximum atomic E-state index is 15.4. The van der Waals surface area contributed by atoms with Crippen LogP contribution in [-0.2, 0) is 23.7 Å². The Bertz CT molecular complexity index is 1080. The van der Waals surface area contributed by atoms with Gasteiger partial charge in [-0.3, -0.25) is 0 Å². The monoisotopic (exact) mass is 442 g/mol. The molecule has 0 heterocycles. The van der Waals surface area contributed by atoms with Crippen molar-refractivity contribution in [1.29, 1.82) is 0 Å². The zero-order chi connectivity index (χ0) is 21.9. The molecular formula is C23H14F8. The van der Waals surface area contributed by atoms with Crippen LogP contribution in [0.25, 0.3) is 0 Å². The first-order valence-electron chi connectivity index (χ1n) is 10.2. The van der Waals surface area contributed by atoms with E-state index in [9.17, 15) is 0 Å². The van der Waals surface area contributed by atoms with Crippen LogP contribution in [0.4, 0.5) is 35.1 Å². The van der Waals surface area contributed by atoms with Crippen LogP contribution < -0.4 is 0 Å². The molecule has 0 nitrogen and oxygen atoms in total. The molecule has 0 N–H and O–H groups in total. The van der Waals surface area contributed by atoms with Crippen molar-refractivity contribution in [1.82, 2.24) is 0 Å². The van der Waals surface area contributed by atoms with Crippen LogP contribution in [0.15, 0.2) is 36.4 Å². The predicted octanol–water partition coefficient (Wildman–Crippen LogP) is 6.84. The molecule has 2 aromatic rings. The maximum absolute atomic E-state index is 15.4. The normalized spacial score (nSPS) is 39.9. The Morgan fingerprint density at radius 2 is 0.903 bits per heavy atom. The SMILES string of the molecule is FC1(F)c2ccc(cc2)C(F)(F)C(F)(F)c2ccc(c3c2[C@H]2C4CC5[C@H]([C@H]52)[C@H]34)C1(F)F. The molecular weight excluding hydrogens is 428 g/mol. The molecule has 0 saturated heterocycles. The van der Waals surface area contributed by atoms with Gasteiger partial charge >= 0.3 is 23.7 Å². The minimum absolute atomic E-state index is 0.0150. The molecule has 0 aliphatic heterocycles. The van der Waals surface area contributed by atoms with Crippen molar-refractivity contribution < 1.29 is 35.1 Å². The van der Waals surface area contributed by atoms with E-state index >= 15 is 35.1 Å². The first-order valence-corrected chi connectivity index (χ1v) is 10.2. The van der Waals surface area contributed by atoms with Gasteiger partial charge in [-0.15, -0.1) is 0 Å². The van der Waals surface area contributed by atoms with Gasteiger partial charge in [0, 0.05) is 22.3 Å². The fraction of sp³-hybridized carbons (Fsp3) is 0.478. The van der Waals surface area contributed by atoms with Gasteiger partial charge < -0.3 is 0 Å². The van der Waals surface area contributed by atoms with Gasteiger partial charge in [0.2, 0.25) is 0 Å². The number of hydrogen-bond donors (Lipinski definition) is 0. The van der Waals surface area contributed by atoms with E-state index in [-0.39, 0.29) is 34.8 Å². The highest BCUT2D eigenvalue weighted by Crippen LogP contribution is 2.86. The molecule has 0 amide bonds. The predicted molar refractivity (Wildman–Crippen MR) is 92.5 cm³/mol. The molecule has 11 rings (SSSR count). The summed E-state index contributed by atoms with van der Waals surface area (Å²) in [5.74, 6) is -19.8. The third-order valence-electron chi connectivity index (χ3n) is 8.62. The van der Waals surface area contributed by atoms with Crippen molar-refractivity contribution in [2.24, 2.45) is 23.7 Å². The smallest absolute Gasteiger partial charge is 0.194 e. The fourth-order valence-corrected chi connectivity index (χ4v) is 7.46. The van der Waals surface area contributed by atoms with Crippen LogP contribution in [-0.4, -0.2) is 0 Å². The maximum Gasteiger partial charge on any atom is 0.340 e. The largest absolute Gasteiger partial charge is 0.340 e. The highest BCUT2D eigenvalue weighted by atomic mass is 19.3. The van der Waals surface area contributed by atoms with Gasteiger partial charge in [0.05, 0.1) is 0 Å². The lowest BCUT2D eigenvalue weighted by molar-refractivity contribution is -0.228. The lowest BCUT2D eigenvalue weighted by Crippen LogP contribution is -2.40. The molecule has 2 unspecified atom stereocenters. The molecule has 4 saturated carbocycles. The third-order valence-corrected chi connectivity index (χ3v) is 8.62. The molecule has 0 radical (unpaired) electrons. The summed E-state index contributed by atoms with van der Waals surface area (Å²) in [6, 6.07) is 2.64. The molecule has 0 aromatic heterocycles. The highest BCUT2D eigenvalue weighted by molar-refractivity contribution is 5.61. The molecule has 2 aromatic carbocycles. The first kappa shape index (κ1) is 18.5. The number of hydrogen-bond acceptors (Lipinski definition) is 0. The quantitative estimate of drug-likeness (QED) is 0.392. The second-order valence-electron chi connectivity index (χ2n) is 9.63. The average molecular weight is 442 g/mol. The van der Waals surface area contributed by atoms with Crippen molar-refractivity contribution in [3.05, 3.63) is 69.8 Å². The van der Waals surface area contributed by atoms with Gasteiger partial charge in [0.1, 0.15) is 0 Å². The van der Waals surface area contributed by atoms with Crippen LogP contribution in [0.2, 0.25) is 0 Å². The van der Waals surface area contributed by atoms with E-state index in [0.29, 0.717) is 42.8 Å². The van der Waals surface area contributed by atoms with E-state index < -0.39 is 57.8 Å². The number of alkyl halides is 8. The summed E-state index contributed by atoms with van der Waals surface area (Å²) in [7, 11) is 0. The van der Waals surface area contributed by atoms with Crippen molar-refractivity contribution in [3.8, 4) is 0 Å². The van der Waals surface area contributed by atoms with E-state index in [4.69, 9.17) is 0 Å². The summed E-state index contributed by atoms with van der Waals surface area (Å²) in [5, 5.41) is 0. The molecule has 4 fully saturated rings. The molecule has 9 aliphatic carbocycles. The van der Waals surface area contributed by atoms with Crippen LogP contribution in [0, 0.1) is 23.7 Å². The summed E-state index contributed by atoms with van der Waals surface area (Å²) in [6.07, 6.45) is 0.653. The number of benzene rings is 2. The minimum atomic E-state index is -4.69. The summed E-state index contributed by atoms with van der Waals surface area (Å²) < 4.78 is 122. The number of rotatable bonds is 0. The van der Waals surface area contributed by atoms with Crippen molar-refractivity contribution in [3.63, 3.8) is 0 Å². The first-order chi connectivity index (χ1) is 14.4. The van der Waals surface area contributed by atoms with E-state index in [0.717, 1.165) is 0 Å². The Kier molecular flexibility index (Phi) is 2.85. The van der Waals surface area contributed by atoms with E-state index in [1.807, 2.05) is 0 Å². The van der Waals surface area contributed by atoms with Crippen LogP contribution in [0.3, 0.4) is 0 Å². The molecule has 10 bridgehead atoms. The van der Waals surface area contributed by atoms with E-state index in [1.165, 1.54) is 0 Å². The second kappa shape index (κ2) is 4.79. The third kappa shape index (κ3) is 1.70. The van der Waals surface area contributed by atoms with E-state index in [2.05, 4.69) is 0 Å². The molecule has 31 heavy (non-hydrogen) atoms. The molecule has 8 heteroatoms. The van der Waals surface area contributed by atoms with Crippen molar-refractivity contribution >= 4 is 0 Å². The van der Waals surface area contributed by atoms with Gasteiger partial charge in [-0.05, 0) is 53.1 Å². The fourth-order valence-electron chi connectivity index (χ4n) is 7.46. The average Bonchev–Trinajstić information content (AvgIpc) is 3.07. The molecule has 9 aliphatic rings. The van der Waals surface area contributed by atoms with Gasteiger partial charge in [-0.1, -0.05) is 36.4 Å². The molecule has 6 atom stereocenters. The second-order valence-corrected chi connectivity index (χ2v) is 9.63. The molecule has 162 valence electrons. The number of halogens is 8. The van der Waals surface area contributed by atoms with Crippen molar-refractivity contribution in [2.75, 3.05) is 0 Å². The Morgan fingerprint density at radius 1 is 0.516 bits per heavy atom. The summed E-state index contributed by atoms with van der Waals surface area (Å²) in [5.41, 5.74) is -4.80. The van der Waals surface area contributed by atoms with Crippen LogP contribution >= 0.6 is 0 Å². The minimum Gasteiger partial charge on any atom is -0.194 e. The van der Waals surface area contributed by atoms with Crippen LogP contribution in [0.1, 0.15) is 51.6 Å². The zero-order valence-corrected chi connectivity index (χ0v) is 15.7. The zero-order valence-electron chi connectivity index (χ0n) is 15.7. The summed E-state index contributed by atoms with van der Waals surface area (Å²) in [4.78, 5) is 0. The topological polar surface area (TPSA) is 0 Å². The Hall–Kier alpha value is -2.12. The lowest BCUT2D eigenvalue weighted by Gasteiger charge is -2.35. The van der Waals surface area contributed by atoms with E-state index in [1.54, 1.807) is 0 Å². The lowest BCUT2D eigenvalue weighted by atomic mass is 9.78. The summed E-state index contributed by atoms with van der Waals surface area (Å²) >= 11 is 0. The Balaban J connectivity index is 1.60. The summed E-state index contributed by atoms with van der Waals surface area (Å²) in [6.45, 7) is 0. The highest BCUT2D eigenvalue weighted by Gasteiger charge is 2.79. The Labute approximate surface area is 171 Å². The van der Waals surface area contributed by atoms with Gasteiger partial charge in [0.25, 0.3) is 0 Å².